The molecule has 0 unspecified atom stereocenters. The Kier molecular flexibility index (Phi) is 5.03. The number of carbonyl (C=O) groups excluding carboxylic acids is 1. The average molecular weight is 398 g/mol. The molecule has 1 aliphatic heterocycles. The third-order valence-corrected chi connectivity index (χ3v) is 6.01. The summed E-state index contributed by atoms with van der Waals surface area (Å²) in [4.78, 5) is 34.0. The number of thiophene rings is 1. The van der Waals surface area contributed by atoms with Gasteiger partial charge in [0.1, 0.15) is 11.4 Å². The first-order valence-corrected chi connectivity index (χ1v) is 10.2. The number of nitrogens with zero attached hydrogens (tertiary/aromatic N) is 3. The molecule has 0 bridgehead atoms. The molecule has 6 nitrogen and oxygen atoms in total. The molecule has 1 amide bonds. The molecule has 0 aliphatic carbocycles. The van der Waals surface area contributed by atoms with Crippen molar-refractivity contribution in [3.8, 4) is 11.1 Å². The number of rotatable bonds is 3. The van der Waals surface area contributed by atoms with Gasteiger partial charge in [-0.05, 0) is 26.3 Å². The van der Waals surface area contributed by atoms with Crippen molar-refractivity contribution in [3.05, 3.63) is 51.9 Å². The highest BCUT2D eigenvalue weighted by atomic mass is 32.1. The van der Waals surface area contributed by atoms with Crippen molar-refractivity contribution < 1.29 is 9.53 Å². The Hall–Kier alpha value is -2.51. The molecule has 1 saturated heterocycles. The molecule has 0 saturated carbocycles. The largest absolute Gasteiger partial charge is 0.372 e. The third kappa shape index (κ3) is 3.47. The van der Waals surface area contributed by atoms with Gasteiger partial charge >= 0.3 is 0 Å². The summed E-state index contributed by atoms with van der Waals surface area (Å²) in [6, 6.07) is 9.85. The number of hydrogen-bond donors (Lipinski definition) is 0. The molecule has 0 radical (unpaired) electrons. The Balaban J connectivity index is 1.70. The highest BCUT2D eigenvalue weighted by molar-refractivity contribution is 7.19. The van der Waals surface area contributed by atoms with Crippen LogP contribution in [0.25, 0.3) is 21.3 Å². The molecule has 1 fully saturated rings. The normalized spacial score (nSPS) is 19.9. The van der Waals surface area contributed by atoms with Gasteiger partial charge in [0, 0.05) is 23.5 Å². The van der Waals surface area contributed by atoms with Gasteiger partial charge in [-0.1, -0.05) is 30.3 Å². The van der Waals surface area contributed by atoms with E-state index >= 15 is 0 Å². The Bertz CT molecular complexity index is 1060. The number of benzene rings is 1. The summed E-state index contributed by atoms with van der Waals surface area (Å²) in [6.45, 7) is 6.98. The zero-order valence-corrected chi connectivity index (χ0v) is 17.0. The van der Waals surface area contributed by atoms with Crippen LogP contribution in [-0.4, -0.2) is 45.7 Å². The molecular formula is C21H23N3O3S. The van der Waals surface area contributed by atoms with Crippen molar-refractivity contribution in [1.29, 1.82) is 0 Å². The molecule has 28 heavy (non-hydrogen) atoms. The van der Waals surface area contributed by atoms with E-state index in [0.29, 0.717) is 23.3 Å². The summed E-state index contributed by atoms with van der Waals surface area (Å²) >= 11 is 1.51. The minimum Gasteiger partial charge on any atom is -0.372 e. The maximum absolute atomic E-state index is 13.2. The van der Waals surface area contributed by atoms with Crippen molar-refractivity contribution in [2.75, 3.05) is 13.1 Å². The fraction of sp³-hybridized carbons (Fsp3) is 0.381. The third-order valence-electron chi connectivity index (χ3n) is 5.00. The first-order chi connectivity index (χ1) is 13.4. The van der Waals surface area contributed by atoms with Crippen molar-refractivity contribution in [2.45, 2.75) is 39.5 Å². The lowest BCUT2D eigenvalue weighted by molar-refractivity contribution is -0.143. The second kappa shape index (κ2) is 7.48. The van der Waals surface area contributed by atoms with Gasteiger partial charge < -0.3 is 9.64 Å². The van der Waals surface area contributed by atoms with Gasteiger partial charge in [-0.3, -0.25) is 14.2 Å². The molecule has 4 rings (SSSR count). The van der Waals surface area contributed by atoms with Crippen LogP contribution in [0.15, 0.2) is 41.5 Å². The summed E-state index contributed by atoms with van der Waals surface area (Å²) in [5, 5.41) is 0.590. The van der Waals surface area contributed by atoms with Crippen molar-refractivity contribution in [3.63, 3.8) is 0 Å². The number of fused-ring (bicyclic) bond motifs is 1. The monoisotopic (exact) mass is 397 g/mol. The molecule has 1 aliphatic rings. The van der Waals surface area contributed by atoms with E-state index in [4.69, 9.17) is 4.74 Å². The van der Waals surface area contributed by atoms with E-state index in [-0.39, 0.29) is 30.2 Å². The highest BCUT2D eigenvalue weighted by Crippen LogP contribution is 2.35. The van der Waals surface area contributed by atoms with Crippen LogP contribution in [0.3, 0.4) is 0 Å². The van der Waals surface area contributed by atoms with E-state index in [1.165, 1.54) is 22.2 Å². The van der Waals surface area contributed by atoms with Crippen molar-refractivity contribution >= 4 is 27.5 Å². The topological polar surface area (TPSA) is 64.4 Å². The SMILES string of the molecule is Cc1sc2ncn(CC(=O)N3C[C@@H](C)O[C@@H](C)C3)c(=O)c2c1-c1ccccc1. The Labute approximate surface area is 167 Å². The first-order valence-electron chi connectivity index (χ1n) is 9.41. The van der Waals surface area contributed by atoms with Crippen molar-refractivity contribution in [1.82, 2.24) is 14.5 Å². The molecule has 146 valence electrons. The molecule has 1 aromatic carbocycles. The zero-order valence-electron chi connectivity index (χ0n) is 16.2. The van der Waals surface area contributed by atoms with Gasteiger partial charge in [0.15, 0.2) is 0 Å². The fourth-order valence-corrected chi connectivity index (χ4v) is 4.83. The quantitative estimate of drug-likeness (QED) is 0.681. The van der Waals surface area contributed by atoms with E-state index < -0.39 is 0 Å². The standard InChI is InChI=1S/C21H23N3O3S/c1-13-9-23(10-14(2)27-13)17(25)11-24-12-22-20-19(21(24)26)18(15(3)28-20)16-7-5-4-6-8-16/h4-8,12-14H,9-11H2,1-3H3/t13-,14+. The number of ether oxygens (including phenoxy) is 1. The lowest BCUT2D eigenvalue weighted by Crippen LogP contribution is -2.49. The summed E-state index contributed by atoms with van der Waals surface area (Å²) in [7, 11) is 0. The van der Waals surface area contributed by atoms with Gasteiger partial charge in [-0.25, -0.2) is 4.98 Å². The average Bonchev–Trinajstić information content (AvgIpc) is 3.00. The molecule has 3 heterocycles. The molecule has 3 aromatic rings. The van der Waals surface area contributed by atoms with Crippen LogP contribution in [0.5, 0.6) is 0 Å². The van der Waals surface area contributed by atoms with E-state index in [1.54, 1.807) is 4.90 Å². The highest BCUT2D eigenvalue weighted by Gasteiger charge is 2.26. The van der Waals surface area contributed by atoms with E-state index in [0.717, 1.165) is 16.0 Å². The van der Waals surface area contributed by atoms with E-state index in [9.17, 15) is 9.59 Å². The van der Waals surface area contributed by atoms with Gasteiger partial charge in [0.25, 0.3) is 5.56 Å². The van der Waals surface area contributed by atoms with Gasteiger partial charge in [0.05, 0.1) is 23.9 Å². The van der Waals surface area contributed by atoms with Gasteiger partial charge in [-0.15, -0.1) is 11.3 Å². The maximum Gasteiger partial charge on any atom is 0.263 e. The van der Waals surface area contributed by atoms with Crippen LogP contribution in [0.4, 0.5) is 0 Å². The Morgan fingerprint density at radius 3 is 2.57 bits per heavy atom. The van der Waals surface area contributed by atoms with Crippen LogP contribution < -0.4 is 5.56 Å². The second-order valence-electron chi connectivity index (χ2n) is 7.31. The van der Waals surface area contributed by atoms with Gasteiger partial charge in [-0.2, -0.15) is 0 Å². The van der Waals surface area contributed by atoms with Crippen LogP contribution in [0.2, 0.25) is 0 Å². The number of morpholine rings is 1. The summed E-state index contributed by atoms with van der Waals surface area (Å²) in [5.74, 6) is -0.0848. The lowest BCUT2D eigenvalue weighted by atomic mass is 10.0. The van der Waals surface area contributed by atoms with Crippen LogP contribution in [0.1, 0.15) is 18.7 Å². The second-order valence-corrected chi connectivity index (χ2v) is 8.52. The number of hydrogen-bond acceptors (Lipinski definition) is 5. The molecule has 7 heteroatoms. The summed E-state index contributed by atoms with van der Waals surface area (Å²) < 4.78 is 7.12. The smallest absolute Gasteiger partial charge is 0.263 e. The number of aryl methyl sites for hydroxylation is 1. The van der Waals surface area contributed by atoms with E-state index in [1.807, 2.05) is 51.1 Å². The molecule has 2 atom stereocenters. The first kappa shape index (κ1) is 18.8. The number of carbonyl (C=O) groups is 1. The molecule has 0 N–H and O–H groups in total. The fourth-order valence-electron chi connectivity index (χ4n) is 3.83. The summed E-state index contributed by atoms with van der Waals surface area (Å²) in [6.07, 6.45) is 1.48. The summed E-state index contributed by atoms with van der Waals surface area (Å²) in [5.41, 5.74) is 1.73. The van der Waals surface area contributed by atoms with Crippen LogP contribution >= 0.6 is 11.3 Å². The maximum atomic E-state index is 13.2. The molecule has 0 spiro atoms. The lowest BCUT2D eigenvalue weighted by Gasteiger charge is -2.35. The Morgan fingerprint density at radius 2 is 1.89 bits per heavy atom. The minimum atomic E-state index is -0.170. The number of aromatic nitrogens is 2. The zero-order chi connectivity index (χ0) is 19.8. The van der Waals surface area contributed by atoms with Crippen molar-refractivity contribution in [2.24, 2.45) is 0 Å². The number of amides is 1. The predicted molar refractivity (Wildman–Crippen MR) is 111 cm³/mol. The van der Waals surface area contributed by atoms with Crippen LogP contribution in [0, 0.1) is 6.92 Å². The predicted octanol–water partition coefficient (Wildman–Crippen LogP) is 3.07. The van der Waals surface area contributed by atoms with E-state index in [2.05, 4.69) is 4.98 Å². The van der Waals surface area contributed by atoms with Crippen LogP contribution in [-0.2, 0) is 16.1 Å². The van der Waals surface area contributed by atoms with Gasteiger partial charge in [0.2, 0.25) is 5.91 Å². The minimum absolute atomic E-state index is 0.00534. The Morgan fingerprint density at radius 1 is 1.21 bits per heavy atom. The molecule has 2 aromatic heterocycles. The molecular weight excluding hydrogens is 374 g/mol.